The molecule has 114 valence electrons. The van der Waals surface area contributed by atoms with Crippen molar-refractivity contribution in [2.75, 3.05) is 0 Å². The van der Waals surface area contributed by atoms with Gasteiger partial charge in [0.15, 0.2) is 0 Å². The third-order valence-corrected chi connectivity index (χ3v) is 3.85. The fourth-order valence-corrected chi connectivity index (χ4v) is 2.50. The molecule has 1 atom stereocenters. The summed E-state index contributed by atoms with van der Waals surface area (Å²) in [5.41, 5.74) is -0.243. The Labute approximate surface area is 123 Å². The first-order valence-electron chi connectivity index (χ1n) is 7.82. The molecule has 0 aromatic heterocycles. The highest BCUT2D eigenvalue weighted by molar-refractivity contribution is 5.21. The Balaban J connectivity index is 2.15. The fraction of sp³-hybridized carbons (Fsp3) is 0.667. The van der Waals surface area contributed by atoms with Gasteiger partial charge in [0.1, 0.15) is 0 Å². The summed E-state index contributed by atoms with van der Waals surface area (Å²) in [6.45, 7) is 5.63. The lowest BCUT2D eigenvalue weighted by atomic mass is 9.90. The monoisotopic (exact) mass is 278 g/mol. The Kier molecular flexibility index (Phi) is 6.70. The predicted octanol–water partition coefficient (Wildman–Crippen LogP) is 4.40. The van der Waals surface area contributed by atoms with Gasteiger partial charge < -0.3 is 10.2 Å². The molecule has 0 aliphatic heterocycles. The van der Waals surface area contributed by atoms with Gasteiger partial charge in [-0.2, -0.15) is 0 Å². The lowest BCUT2D eigenvalue weighted by Crippen LogP contribution is -2.20. The van der Waals surface area contributed by atoms with E-state index in [1.165, 1.54) is 6.42 Å². The molecule has 0 spiro atoms. The van der Waals surface area contributed by atoms with Crippen molar-refractivity contribution in [1.29, 1.82) is 0 Å². The van der Waals surface area contributed by atoms with Crippen LogP contribution < -0.4 is 0 Å². The molecule has 2 N–H and O–H groups in total. The van der Waals surface area contributed by atoms with Crippen LogP contribution in [-0.2, 0) is 5.60 Å². The van der Waals surface area contributed by atoms with Crippen molar-refractivity contribution in [3.63, 3.8) is 0 Å². The molecule has 0 aliphatic carbocycles. The Bertz CT molecular complexity index is 363. The topological polar surface area (TPSA) is 40.5 Å². The first-order chi connectivity index (χ1) is 9.31. The zero-order valence-electron chi connectivity index (χ0n) is 13.2. The van der Waals surface area contributed by atoms with Gasteiger partial charge in [-0.15, -0.1) is 0 Å². The Morgan fingerprint density at radius 3 is 1.80 bits per heavy atom. The zero-order valence-corrected chi connectivity index (χ0v) is 13.2. The van der Waals surface area contributed by atoms with Crippen molar-refractivity contribution >= 4 is 0 Å². The third-order valence-electron chi connectivity index (χ3n) is 3.85. The van der Waals surface area contributed by atoms with Crippen LogP contribution in [0.1, 0.15) is 71.3 Å². The van der Waals surface area contributed by atoms with Gasteiger partial charge in [-0.1, -0.05) is 62.4 Å². The van der Waals surface area contributed by atoms with E-state index in [0.717, 1.165) is 44.1 Å². The highest BCUT2D eigenvalue weighted by Gasteiger charge is 2.21. The third kappa shape index (κ3) is 7.06. The highest BCUT2D eigenvalue weighted by Crippen LogP contribution is 2.27. The molecule has 0 fully saturated rings. The molecule has 1 rings (SSSR count). The number of hydrogen-bond acceptors (Lipinski definition) is 2. The number of hydrogen-bond donors (Lipinski definition) is 2. The minimum atomic E-state index is -0.714. The molecule has 0 unspecified atom stereocenters. The quantitative estimate of drug-likeness (QED) is 0.657. The van der Waals surface area contributed by atoms with Gasteiger partial charge in [0.2, 0.25) is 0 Å². The number of rotatable bonds is 9. The van der Waals surface area contributed by atoms with E-state index in [0.29, 0.717) is 0 Å². The molecule has 2 nitrogen and oxygen atoms in total. The normalized spacial score (nSPS) is 15.1. The smallest absolute Gasteiger partial charge is 0.0868 e. The van der Waals surface area contributed by atoms with E-state index in [4.69, 9.17) is 0 Å². The van der Waals surface area contributed by atoms with Crippen molar-refractivity contribution < 1.29 is 10.2 Å². The maximum absolute atomic E-state index is 10.5. The summed E-state index contributed by atoms with van der Waals surface area (Å²) in [5, 5.41) is 20.1. The van der Waals surface area contributed by atoms with E-state index < -0.39 is 11.2 Å². The van der Waals surface area contributed by atoms with Crippen molar-refractivity contribution in [3.05, 3.63) is 35.9 Å². The zero-order chi connectivity index (χ0) is 15.1. The second-order valence-electron chi connectivity index (χ2n) is 6.72. The van der Waals surface area contributed by atoms with Crippen molar-refractivity contribution in [3.8, 4) is 0 Å². The largest absolute Gasteiger partial charge is 0.390 e. The molecule has 1 aromatic rings. The van der Waals surface area contributed by atoms with E-state index in [-0.39, 0.29) is 0 Å². The van der Waals surface area contributed by atoms with Gasteiger partial charge >= 0.3 is 0 Å². The lowest BCUT2D eigenvalue weighted by molar-refractivity contribution is 0.0447. The van der Waals surface area contributed by atoms with E-state index >= 15 is 0 Å². The second kappa shape index (κ2) is 7.80. The van der Waals surface area contributed by atoms with Crippen LogP contribution in [0.25, 0.3) is 0 Å². The van der Waals surface area contributed by atoms with Crippen molar-refractivity contribution in [1.82, 2.24) is 0 Å². The molecular weight excluding hydrogens is 248 g/mol. The SMILES string of the molecule is CC(C)(O)CCCCCCC[C@@](C)(O)c1ccccc1. The molecule has 20 heavy (non-hydrogen) atoms. The maximum atomic E-state index is 10.5. The fourth-order valence-electron chi connectivity index (χ4n) is 2.50. The first kappa shape index (κ1) is 17.2. The van der Waals surface area contributed by atoms with Crippen LogP contribution in [0.3, 0.4) is 0 Å². The summed E-state index contributed by atoms with van der Waals surface area (Å²) in [5.74, 6) is 0. The van der Waals surface area contributed by atoms with Gasteiger partial charge in [0.25, 0.3) is 0 Å². The minimum absolute atomic E-state index is 0.531. The summed E-state index contributed by atoms with van der Waals surface area (Å²) in [6, 6.07) is 9.90. The number of unbranched alkanes of at least 4 members (excludes halogenated alkanes) is 4. The summed E-state index contributed by atoms with van der Waals surface area (Å²) in [7, 11) is 0. The summed E-state index contributed by atoms with van der Waals surface area (Å²) >= 11 is 0. The van der Waals surface area contributed by atoms with Gasteiger partial charge in [-0.3, -0.25) is 0 Å². The lowest BCUT2D eigenvalue weighted by Gasteiger charge is -2.23. The molecule has 0 bridgehead atoms. The van der Waals surface area contributed by atoms with E-state index in [1.807, 2.05) is 51.1 Å². The summed E-state index contributed by atoms with van der Waals surface area (Å²) in [4.78, 5) is 0. The molecule has 0 saturated carbocycles. The molecule has 2 heteroatoms. The molecule has 1 aromatic carbocycles. The van der Waals surface area contributed by atoms with Crippen LogP contribution >= 0.6 is 0 Å². The van der Waals surface area contributed by atoms with Gasteiger partial charge in [-0.25, -0.2) is 0 Å². The van der Waals surface area contributed by atoms with E-state index in [1.54, 1.807) is 0 Å². The van der Waals surface area contributed by atoms with Crippen LogP contribution in [0.5, 0.6) is 0 Å². The number of benzene rings is 1. The predicted molar refractivity (Wildman–Crippen MR) is 84.6 cm³/mol. The second-order valence-corrected chi connectivity index (χ2v) is 6.72. The van der Waals surface area contributed by atoms with Gasteiger partial charge in [0, 0.05) is 0 Å². The molecule has 0 aliphatic rings. The molecule has 0 amide bonds. The van der Waals surface area contributed by atoms with Crippen LogP contribution in [0.4, 0.5) is 0 Å². The van der Waals surface area contributed by atoms with Crippen LogP contribution in [0.2, 0.25) is 0 Å². The van der Waals surface area contributed by atoms with Gasteiger partial charge in [-0.05, 0) is 39.2 Å². The molecule has 0 radical (unpaired) electrons. The van der Waals surface area contributed by atoms with Crippen LogP contribution in [0, 0.1) is 0 Å². The Morgan fingerprint density at radius 1 is 0.750 bits per heavy atom. The Morgan fingerprint density at radius 2 is 1.25 bits per heavy atom. The molecular formula is C18H30O2. The Hall–Kier alpha value is -0.860. The molecule has 0 heterocycles. The maximum Gasteiger partial charge on any atom is 0.0868 e. The standard InChI is InChI=1S/C18H30O2/c1-17(2,19)14-10-5-4-6-11-15-18(3,20)16-12-8-7-9-13-16/h7-9,12-13,19-20H,4-6,10-11,14-15H2,1-3H3/t18-/m1/s1. The van der Waals surface area contributed by atoms with E-state index in [2.05, 4.69) is 0 Å². The average Bonchev–Trinajstić information content (AvgIpc) is 2.37. The minimum Gasteiger partial charge on any atom is -0.390 e. The highest BCUT2D eigenvalue weighted by atomic mass is 16.3. The molecule has 0 saturated heterocycles. The van der Waals surface area contributed by atoms with Gasteiger partial charge in [0.05, 0.1) is 11.2 Å². The summed E-state index contributed by atoms with van der Waals surface area (Å²) < 4.78 is 0. The first-order valence-corrected chi connectivity index (χ1v) is 7.82. The van der Waals surface area contributed by atoms with Crippen molar-refractivity contribution in [2.24, 2.45) is 0 Å². The van der Waals surface area contributed by atoms with Crippen molar-refractivity contribution in [2.45, 2.75) is 76.9 Å². The van der Waals surface area contributed by atoms with Crippen LogP contribution in [0.15, 0.2) is 30.3 Å². The van der Waals surface area contributed by atoms with E-state index in [9.17, 15) is 10.2 Å². The van der Waals surface area contributed by atoms with Crippen LogP contribution in [-0.4, -0.2) is 15.8 Å². The average molecular weight is 278 g/mol. The number of aliphatic hydroxyl groups is 2. The summed E-state index contributed by atoms with van der Waals surface area (Å²) in [6.07, 6.45) is 7.30.